The third-order valence-electron chi connectivity index (χ3n) is 1.93. The molecule has 0 atom stereocenters. The topological polar surface area (TPSA) is 64.4 Å². The molecule has 0 spiro atoms. The summed E-state index contributed by atoms with van der Waals surface area (Å²) in [5.41, 5.74) is 1.01. The average Bonchev–Trinajstić information content (AvgIpc) is 2.26. The number of benzene rings is 1. The number of hydrogen-bond acceptors (Lipinski definition) is 4. The molecule has 1 aromatic carbocycles. The fourth-order valence-electron chi connectivity index (χ4n) is 1.16. The first-order valence-corrected chi connectivity index (χ1v) is 5.98. The summed E-state index contributed by atoms with van der Waals surface area (Å²) >= 11 is 2.07. The van der Waals surface area contributed by atoms with Crippen LogP contribution < -0.4 is 5.32 Å². The molecule has 16 heavy (non-hydrogen) atoms. The van der Waals surface area contributed by atoms with E-state index in [1.54, 1.807) is 12.1 Å². The summed E-state index contributed by atoms with van der Waals surface area (Å²) in [5, 5.41) is 13.7. The monoisotopic (exact) mass is 336 g/mol. The fourth-order valence-corrected chi connectivity index (χ4v) is 1.85. The van der Waals surface area contributed by atoms with E-state index in [4.69, 9.17) is 4.74 Å². The van der Waals surface area contributed by atoms with E-state index in [9.17, 15) is 10.1 Å². The number of rotatable bonds is 6. The van der Waals surface area contributed by atoms with Crippen LogP contribution in [0.25, 0.3) is 0 Å². The number of nitrogens with one attached hydrogen (secondary N) is 1. The van der Waals surface area contributed by atoms with E-state index in [-0.39, 0.29) is 5.69 Å². The minimum absolute atomic E-state index is 0.111. The summed E-state index contributed by atoms with van der Waals surface area (Å²) in [6.45, 7) is 3.96. The lowest BCUT2D eigenvalue weighted by molar-refractivity contribution is -0.384. The summed E-state index contributed by atoms with van der Waals surface area (Å²) in [7, 11) is 0. The fraction of sp³-hybridized carbons (Fsp3) is 0.400. The number of nitro benzene ring substituents is 1. The molecule has 0 saturated carbocycles. The Hall–Kier alpha value is -0.890. The van der Waals surface area contributed by atoms with Gasteiger partial charge in [0, 0.05) is 34.5 Å². The third-order valence-corrected chi connectivity index (χ3v) is 2.82. The minimum Gasteiger partial charge on any atom is -0.382 e. The first kappa shape index (κ1) is 13.2. The van der Waals surface area contributed by atoms with Crippen LogP contribution in [0.1, 0.15) is 6.92 Å². The molecule has 0 fully saturated rings. The number of nitro groups is 1. The number of non-ortho nitro benzene ring substituents is 1. The lowest BCUT2D eigenvalue weighted by atomic mass is 10.3. The van der Waals surface area contributed by atoms with Gasteiger partial charge >= 0.3 is 0 Å². The van der Waals surface area contributed by atoms with Crippen molar-refractivity contribution in [2.75, 3.05) is 25.1 Å². The van der Waals surface area contributed by atoms with Gasteiger partial charge in [-0.2, -0.15) is 0 Å². The summed E-state index contributed by atoms with van der Waals surface area (Å²) in [4.78, 5) is 10.1. The Kier molecular flexibility index (Phi) is 5.47. The molecule has 0 aliphatic carbocycles. The van der Waals surface area contributed by atoms with Crippen molar-refractivity contribution in [2.24, 2.45) is 0 Å². The van der Waals surface area contributed by atoms with Crippen molar-refractivity contribution in [3.63, 3.8) is 0 Å². The van der Waals surface area contributed by atoms with Gasteiger partial charge < -0.3 is 10.1 Å². The Labute approximate surface area is 107 Å². The van der Waals surface area contributed by atoms with E-state index in [2.05, 4.69) is 27.9 Å². The average molecular weight is 336 g/mol. The van der Waals surface area contributed by atoms with Crippen LogP contribution in [0.2, 0.25) is 0 Å². The molecule has 0 radical (unpaired) electrons. The van der Waals surface area contributed by atoms with Crippen LogP contribution in [-0.4, -0.2) is 24.7 Å². The van der Waals surface area contributed by atoms with Gasteiger partial charge in [0.05, 0.1) is 11.5 Å². The molecule has 1 aromatic rings. The SMILES string of the molecule is CCOCCNc1ccc([N+](=O)[O-])cc1I. The normalized spacial score (nSPS) is 10.1. The first-order valence-electron chi connectivity index (χ1n) is 4.90. The molecule has 0 aliphatic rings. The van der Waals surface area contributed by atoms with Gasteiger partial charge in [0.1, 0.15) is 0 Å². The van der Waals surface area contributed by atoms with Crippen LogP contribution in [0.15, 0.2) is 18.2 Å². The highest BCUT2D eigenvalue weighted by Crippen LogP contribution is 2.23. The van der Waals surface area contributed by atoms with E-state index in [0.29, 0.717) is 19.8 Å². The molecule has 1 N–H and O–H groups in total. The molecule has 0 saturated heterocycles. The highest BCUT2D eigenvalue weighted by molar-refractivity contribution is 14.1. The standard InChI is InChI=1S/C10H13IN2O3/c1-2-16-6-5-12-10-4-3-8(13(14)15)7-9(10)11/h3-4,7,12H,2,5-6H2,1H3. The predicted octanol–water partition coefficient (Wildman–Crippen LogP) is 2.65. The second kappa shape index (κ2) is 6.64. The molecule has 0 unspecified atom stereocenters. The smallest absolute Gasteiger partial charge is 0.270 e. The molecular formula is C10H13IN2O3. The molecule has 6 heteroatoms. The number of halogens is 1. The summed E-state index contributed by atoms with van der Waals surface area (Å²) in [5.74, 6) is 0. The van der Waals surface area contributed by atoms with E-state index < -0.39 is 4.92 Å². The van der Waals surface area contributed by atoms with E-state index in [1.807, 2.05) is 6.92 Å². The van der Waals surface area contributed by atoms with Gasteiger partial charge in [-0.3, -0.25) is 10.1 Å². The van der Waals surface area contributed by atoms with Gasteiger partial charge in [-0.15, -0.1) is 0 Å². The lowest BCUT2D eigenvalue weighted by Gasteiger charge is -2.08. The molecular weight excluding hydrogens is 323 g/mol. The van der Waals surface area contributed by atoms with Crippen molar-refractivity contribution in [1.82, 2.24) is 0 Å². The molecule has 0 amide bonds. The molecule has 0 aromatic heterocycles. The molecule has 1 rings (SSSR count). The minimum atomic E-state index is -0.397. The number of nitrogens with zero attached hydrogens (tertiary/aromatic N) is 1. The van der Waals surface area contributed by atoms with Gasteiger partial charge in [0.25, 0.3) is 5.69 Å². The Morgan fingerprint density at radius 3 is 2.88 bits per heavy atom. The molecule has 5 nitrogen and oxygen atoms in total. The largest absolute Gasteiger partial charge is 0.382 e. The first-order chi connectivity index (χ1) is 7.65. The van der Waals surface area contributed by atoms with E-state index in [1.165, 1.54) is 6.07 Å². The van der Waals surface area contributed by atoms with Crippen molar-refractivity contribution in [3.8, 4) is 0 Å². The van der Waals surface area contributed by atoms with Crippen LogP contribution in [0.3, 0.4) is 0 Å². The maximum Gasteiger partial charge on any atom is 0.270 e. The predicted molar refractivity (Wildman–Crippen MR) is 70.8 cm³/mol. The highest BCUT2D eigenvalue weighted by atomic mass is 127. The lowest BCUT2D eigenvalue weighted by Crippen LogP contribution is -2.10. The Morgan fingerprint density at radius 1 is 1.56 bits per heavy atom. The van der Waals surface area contributed by atoms with Gasteiger partial charge in [0.15, 0.2) is 0 Å². The van der Waals surface area contributed by atoms with Crippen molar-refractivity contribution < 1.29 is 9.66 Å². The zero-order chi connectivity index (χ0) is 12.0. The Morgan fingerprint density at radius 2 is 2.31 bits per heavy atom. The molecule has 88 valence electrons. The maximum atomic E-state index is 10.5. The van der Waals surface area contributed by atoms with Crippen LogP contribution in [0, 0.1) is 13.7 Å². The Balaban J connectivity index is 2.57. The zero-order valence-electron chi connectivity index (χ0n) is 8.90. The number of hydrogen-bond donors (Lipinski definition) is 1. The van der Waals surface area contributed by atoms with E-state index in [0.717, 1.165) is 9.26 Å². The van der Waals surface area contributed by atoms with Gasteiger partial charge in [-0.25, -0.2) is 0 Å². The van der Waals surface area contributed by atoms with Gasteiger partial charge in [-0.05, 0) is 35.6 Å². The quantitative estimate of drug-likeness (QED) is 0.375. The van der Waals surface area contributed by atoms with E-state index >= 15 is 0 Å². The van der Waals surface area contributed by atoms with Crippen LogP contribution in [-0.2, 0) is 4.74 Å². The molecule has 0 heterocycles. The summed E-state index contributed by atoms with van der Waals surface area (Å²) < 4.78 is 6.02. The van der Waals surface area contributed by atoms with Crippen molar-refractivity contribution in [3.05, 3.63) is 31.9 Å². The van der Waals surface area contributed by atoms with Crippen molar-refractivity contribution >= 4 is 34.0 Å². The van der Waals surface area contributed by atoms with Crippen LogP contribution in [0.5, 0.6) is 0 Å². The third kappa shape index (κ3) is 3.93. The van der Waals surface area contributed by atoms with Crippen molar-refractivity contribution in [1.29, 1.82) is 0 Å². The summed E-state index contributed by atoms with van der Waals surface area (Å²) in [6.07, 6.45) is 0. The van der Waals surface area contributed by atoms with Gasteiger partial charge in [0.2, 0.25) is 0 Å². The van der Waals surface area contributed by atoms with Gasteiger partial charge in [-0.1, -0.05) is 0 Å². The zero-order valence-corrected chi connectivity index (χ0v) is 11.1. The highest BCUT2D eigenvalue weighted by Gasteiger charge is 2.08. The van der Waals surface area contributed by atoms with Crippen LogP contribution in [0.4, 0.5) is 11.4 Å². The molecule has 0 aliphatic heterocycles. The Bertz CT molecular complexity index is 371. The summed E-state index contributed by atoms with van der Waals surface area (Å²) in [6, 6.07) is 4.75. The number of anilines is 1. The van der Waals surface area contributed by atoms with Crippen LogP contribution >= 0.6 is 22.6 Å². The molecule has 0 bridgehead atoms. The second-order valence-corrected chi connectivity index (χ2v) is 4.21. The second-order valence-electron chi connectivity index (χ2n) is 3.04. The number of ether oxygens (including phenoxy) is 1. The maximum absolute atomic E-state index is 10.5. The van der Waals surface area contributed by atoms with Crippen molar-refractivity contribution in [2.45, 2.75) is 6.92 Å².